The summed E-state index contributed by atoms with van der Waals surface area (Å²) >= 11 is 1.36. The van der Waals surface area contributed by atoms with E-state index in [1.165, 1.54) is 77.9 Å². The van der Waals surface area contributed by atoms with E-state index in [-0.39, 0.29) is 30.3 Å². The molecule has 5 rings (SSSR count). The van der Waals surface area contributed by atoms with Gasteiger partial charge in [-0.15, -0.1) is 56.9 Å². The van der Waals surface area contributed by atoms with E-state index in [9.17, 15) is 0 Å². The summed E-state index contributed by atoms with van der Waals surface area (Å²) in [5.74, 6) is 2.42. The van der Waals surface area contributed by atoms with Gasteiger partial charge >= 0.3 is 70.6 Å². The van der Waals surface area contributed by atoms with E-state index in [0.717, 1.165) is 12.8 Å². The number of halogens is 2. The molecule has 0 spiro atoms. The van der Waals surface area contributed by atoms with Gasteiger partial charge in [-0.05, 0) is 36.5 Å². The van der Waals surface area contributed by atoms with Crippen LogP contribution in [0.15, 0.2) is 78.9 Å². The van der Waals surface area contributed by atoms with Crippen LogP contribution < -0.4 is 30.0 Å². The number of aryl methyl sites for hydroxylation is 2. The van der Waals surface area contributed by atoms with Crippen LogP contribution in [0.2, 0.25) is 6.55 Å². The fourth-order valence-electron chi connectivity index (χ4n) is 5.59. The summed E-state index contributed by atoms with van der Waals surface area (Å²) in [6.07, 6.45) is 2.26. The van der Waals surface area contributed by atoms with E-state index < -0.39 is 0 Å². The van der Waals surface area contributed by atoms with Crippen molar-refractivity contribution in [1.82, 2.24) is 0 Å². The van der Waals surface area contributed by atoms with Gasteiger partial charge in [0.15, 0.2) is 0 Å². The first kappa shape index (κ1) is 41.6. The number of rotatable bonds is 7. The van der Waals surface area contributed by atoms with Crippen molar-refractivity contribution in [3.8, 4) is 0 Å². The zero-order chi connectivity index (χ0) is 31.8. The van der Waals surface area contributed by atoms with Gasteiger partial charge in [0.2, 0.25) is 0 Å². The summed E-state index contributed by atoms with van der Waals surface area (Å²) in [5.41, 5.74) is 8.79. The molecule has 0 amide bonds. The molecule has 45 heavy (non-hydrogen) atoms. The van der Waals surface area contributed by atoms with Crippen LogP contribution in [0.3, 0.4) is 0 Å². The Bertz CT molecular complexity index is 1520. The second-order valence-electron chi connectivity index (χ2n) is 13.3. The molecule has 242 valence electrons. The molecule has 0 aliphatic carbocycles. The van der Waals surface area contributed by atoms with E-state index in [1.807, 2.05) is 0 Å². The fraction of sp³-hybridized carbons (Fsp3) is 0.415. The quantitative estimate of drug-likeness (QED) is 0.144. The van der Waals surface area contributed by atoms with Crippen LogP contribution in [-0.4, -0.2) is 5.49 Å². The molecule has 0 radical (unpaired) electrons. The third-order valence-electron chi connectivity index (χ3n) is 8.47. The number of benzene rings is 3. The van der Waals surface area contributed by atoms with Crippen LogP contribution in [0.5, 0.6) is 0 Å². The van der Waals surface area contributed by atoms with Gasteiger partial charge in [0, 0.05) is 0 Å². The topological polar surface area (TPSA) is 0 Å². The van der Waals surface area contributed by atoms with Gasteiger partial charge in [-0.2, -0.15) is 12.1 Å². The van der Waals surface area contributed by atoms with Gasteiger partial charge in [0.25, 0.3) is 0 Å². The van der Waals surface area contributed by atoms with Crippen LogP contribution in [-0.2, 0) is 35.8 Å². The Morgan fingerprint density at radius 1 is 0.578 bits per heavy atom. The Kier molecular flexibility index (Phi) is 17.9. The van der Waals surface area contributed by atoms with Gasteiger partial charge in [-0.1, -0.05) is 104 Å². The standard InChI is InChI=1S/2C17H23.C7H8Si.2ClH.Hf/c2*1-6-13-7-15-9-14(11(2)3)10-16(12(4)5)17(15)8-13;1-8-7-5-3-2-4-6-7;;;/h2*7-12H,6H2,1-5H3;2-6H,1H3;2*1H;/q2*-1;;;;+2/p-2. The second kappa shape index (κ2) is 19.4. The van der Waals surface area contributed by atoms with E-state index >= 15 is 0 Å². The average molecular weight is 824 g/mol. The number of hydrogen-bond donors (Lipinski definition) is 0. The van der Waals surface area contributed by atoms with Crippen molar-refractivity contribution in [3.63, 3.8) is 0 Å². The minimum atomic E-state index is -0.0733. The summed E-state index contributed by atoms with van der Waals surface area (Å²) in [4.78, 5) is 0. The molecule has 0 aromatic heterocycles. The maximum absolute atomic E-state index is 2.40. The minimum absolute atomic E-state index is 0. The maximum atomic E-state index is 2.40. The Hall–Kier alpha value is -1.45. The summed E-state index contributed by atoms with van der Waals surface area (Å²) in [5, 5.41) is 7.35. The van der Waals surface area contributed by atoms with E-state index in [4.69, 9.17) is 0 Å². The summed E-state index contributed by atoms with van der Waals surface area (Å²) < 4.78 is 0. The van der Waals surface area contributed by atoms with Crippen molar-refractivity contribution in [1.29, 1.82) is 0 Å². The minimum Gasteiger partial charge on any atom is -1.00 e. The second-order valence-corrected chi connectivity index (χ2v) is 23.2. The number of hydrogen-bond acceptors (Lipinski definition) is 0. The Morgan fingerprint density at radius 2 is 0.956 bits per heavy atom. The first-order chi connectivity index (χ1) is 20.4. The smallest absolute Gasteiger partial charge is 1.00 e. The largest absolute Gasteiger partial charge is 1.00 e. The summed E-state index contributed by atoms with van der Waals surface area (Å²) in [7, 11) is 0. The molecular formula is C41H54Cl2HfSi-2. The van der Waals surface area contributed by atoms with Crippen molar-refractivity contribution in [2.45, 2.75) is 112 Å². The zero-order valence-electron chi connectivity index (χ0n) is 29.5. The molecule has 0 atom stereocenters. The molecule has 0 saturated heterocycles. The molecule has 0 aliphatic rings. The van der Waals surface area contributed by atoms with E-state index in [0.29, 0.717) is 23.7 Å². The molecule has 0 saturated carbocycles. The molecule has 0 N–H and O–H groups in total. The van der Waals surface area contributed by atoms with Gasteiger partial charge in [-0.3, -0.25) is 0 Å². The third kappa shape index (κ3) is 11.3. The Balaban J connectivity index is 0.000000346. The van der Waals surface area contributed by atoms with E-state index in [2.05, 4.69) is 155 Å². The van der Waals surface area contributed by atoms with Crippen molar-refractivity contribution in [3.05, 3.63) is 112 Å². The summed E-state index contributed by atoms with van der Waals surface area (Å²) in [6.45, 7) is 25.1. The molecule has 0 nitrogen and oxygen atoms in total. The average Bonchev–Trinajstić information content (AvgIpc) is 3.60. The van der Waals surface area contributed by atoms with Gasteiger partial charge < -0.3 is 24.8 Å². The van der Waals surface area contributed by atoms with Crippen LogP contribution in [0, 0.1) is 0 Å². The predicted molar refractivity (Wildman–Crippen MR) is 192 cm³/mol. The SMILES string of the molecule is CCc1cc2c(C(C)C)cc(C(C)C)cc2[cH-]1.CCc1cc2c(C(C)C)cc(C(C)C)cc2[cH-]1.C[Si](=[Hf+2])c1ccccc1.[Cl-].[Cl-]. The normalized spacial score (nSPS) is 10.9. The summed E-state index contributed by atoms with van der Waals surface area (Å²) in [6, 6.07) is 29.8. The van der Waals surface area contributed by atoms with Crippen LogP contribution in [0.25, 0.3) is 21.5 Å². The van der Waals surface area contributed by atoms with Crippen LogP contribution in [0.4, 0.5) is 0 Å². The van der Waals surface area contributed by atoms with Crippen molar-refractivity contribution in [2.24, 2.45) is 0 Å². The van der Waals surface area contributed by atoms with E-state index in [1.54, 1.807) is 5.19 Å². The molecule has 0 unspecified atom stereocenters. The molecule has 5 aromatic rings. The Labute approximate surface area is 302 Å². The molecular weight excluding hydrogens is 770 g/mol. The first-order valence-corrected chi connectivity index (χ1v) is 23.8. The molecule has 0 fully saturated rings. The monoisotopic (exact) mass is 824 g/mol. The van der Waals surface area contributed by atoms with Gasteiger partial charge in [0.1, 0.15) is 0 Å². The molecule has 0 heterocycles. The third-order valence-corrected chi connectivity index (χ3v) is 12.8. The van der Waals surface area contributed by atoms with Crippen molar-refractivity contribution < 1.29 is 47.8 Å². The Morgan fingerprint density at radius 3 is 1.22 bits per heavy atom. The maximum Gasteiger partial charge on any atom is -1.00 e. The van der Waals surface area contributed by atoms with Crippen molar-refractivity contribution in [2.75, 3.05) is 0 Å². The molecule has 4 heteroatoms. The van der Waals surface area contributed by atoms with Gasteiger partial charge in [-0.25, -0.2) is 0 Å². The molecule has 0 aliphatic heterocycles. The molecule has 0 bridgehead atoms. The fourth-order valence-corrected chi connectivity index (χ4v) is 8.08. The predicted octanol–water partition coefficient (Wildman–Crippen LogP) is 5.81. The van der Waals surface area contributed by atoms with Crippen molar-refractivity contribution >= 4 is 32.2 Å². The number of fused-ring (bicyclic) bond motifs is 2. The van der Waals surface area contributed by atoms with Crippen LogP contribution >= 0.6 is 0 Å². The molecule has 5 aromatic carbocycles. The zero-order valence-corrected chi connectivity index (χ0v) is 35.6. The first-order valence-electron chi connectivity index (χ1n) is 16.4. The van der Waals surface area contributed by atoms with Crippen LogP contribution in [0.1, 0.15) is 126 Å². The van der Waals surface area contributed by atoms with Gasteiger partial charge in [0.05, 0.1) is 0 Å².